The first-order valence-corrected chi connectivity index (χ1v) is 14.5. The number of nitrogens with two attached hydrogens (primary N) is 1. The van der Waals surface area contributed by atoms with Crippen LogP contribution in [0, 0.1) is 23.1 Å². The molecule has 1 atom stereocenters. The molecule has 2 aliphatic rings. The van der Waals surface area contributed by atoms with Crippen molar-refractivity contribution < 1.29 is 13.9 Å². The van der Waals surface area contributed by atoms with Crippen LogP contribution in [-0.2, 0) is 11.3 Å². The van der Waals surface area contributed by atoms with E-state index in [1.54, 1.807) is 33.8 Å². The number of piperidine rings is 1. The first-order valence-electron chi connectivity index (χ1n) is 14.5. The second-order valence-corrected chi connectivity index (χ2v) is 11.2. The van der Waals surface area contributed by atoms with Gasteiger partial charge in [-0.2, -0.15) is 10.4 Å². The zero-order valence-electron chi connectivity index (χ0n) is 24.0. The van der Waals surface area contributed by atoms with Gasteiger partial charge in [-0.05, 0) is 76.0 Å². The summed E-state index contributed by atoms with van der Waals surface area (Å²) in [7, 11) is 2.08. The molecule has 2 aromatic heterocycles. The Morgan fingerprint density at radius 2 is 1.91 bits per heavy atom. The van der Waals surface area contributed by atoms with Gasteiger partial charge in [-0.15, -0.1) is 0 Å². The highest BCUT2D eigenvalue weighted by Gasteiger charge is 2.33. The smallest absolute Gasteiger partial charge is 0.264 e. The number of allylic oxidation sites excluding steroid dienone is 1. The summed E-state index contributed by atoms with van der Waals surface area (Å²) >= 11 is 0. The number of halogens is 1. The number of para-hydroxylation sites is 1. The van der Waals surface area contributed by atoms with Crippen molar-refractivity contribution in [3.63, 3.8) is 0 Å². The predicted molar refractivity (Wildman–Crippen MR) is 160 cm³/mol. The Hall–Kier alpha value is -4.82. The summed E-state index contributed by atoms with van der Waals surface area (Å²) in [5.74, 6) is 0.559. The molecule has 2 saturated heterocycles. The molecule has 4 aromatic rings. The highest BCUT2D eigenvalue weighted by Crippen LogP contribution is 2.35. The molecule has 6 rings (SSSR count). The fourth-order valence-corrected chi connectivity index (χ4v) is 5.96. The molecule has 2 N–H and O–H groups in total. The third kappa shape index (κ3) is 5.92. The van der Waals surface area contributed by atoms with Gasteiger partial charge in [0.1, 0.15) is 46.8 Å². The van der Waals surface area contributed by atoms with Crippen LogP contribution in [0.25, 0.3) is 22.3 Å². The number of benzene rings is 2. The van der Waals surface area contributed by atoms with Gasteiger partial charge in [0.2, 0.25) is 0 Å². The maximum Gasteiger partial charge on any atom is 0.264 e. The van der Waals surface area contributed by atoms with E-state index in [1.807, 2.05) is 24.3 Å². The van der Waals surface area contributed by atoms with Gasteiger partial charge >= 0.3 is 0 Å². The third-order valence-electron chi connectivity index (χ3n) is 8.27. The van der Waals surface area contributed by atoms with Crippen LogP contribution in [0.15, 0.2) is 66.5 Å². The standard InChI is InChI=1S/C32H33FN8O2/c1-39-14-11-21(12-15-39)16-22(18-34)32(42)40-13-5-6-23(40)19-41-31-28(30(35)36-20-37-31)29(38-41)26-10-9-25(17-27(26)33)43-24-7-3-2-4-8-24/h2-4,7-10,16-17,20-21,23H,5-6,11-15,19H2,1H3,(H2,35,36,37)/b22-16+/t23-/m0/s1. The van der Waals surface area contributed by atoms with Crippen LogP contribution >= 0.6 is 0 Å². The van der Waals surface area contributed by atoms with E-state index in [2.05, 4.69) is 28.0 Å². The molecule has 11 heteroatoms. The third-order valence-corrected chi connectivity index (χ3v) is 8.27. The van der Waals surface area contributed by atoms with Gasteiger partial charge in [-0.3, -0.25) is 4.79 Å². The minimum absolute atomic E-state index is 0.183. The molecule has 0 aliphatic carbocycles. The zero-order valence-corrected chi connectivity index (χ0v) is 24.0. The van der Waals surface area contributed by atoms with Crippen LogP contribution in [0.2, 0.25) is 0 Å². The van der Waals surface area contributed by atoms with E-state index in [4.69, 9.17) is 15.6 Å². The maximum absolute atomic E-state index is 15.5. The molecule has 220 valence electrons. The molecule has 0 spiro atoms. The Kier molecular flexibility index (Phi) is 8.03. The molecule has 0 unspecified atom stereocenters. The number of nitriles is 1. The molecule has 2 fully saturated rings. The second-order valence-electron chi connectivity index (χ2n) is 11.2. The van der Waals surface area contributed by atoms with Crippen LogP contribution in [-0.4, -0.2) is 68.2 Å². The van der Waals surface area contributed by atoms with E-state index in [1.165, 1.54) is 12.4 Å². The topological polar surface area (TPSA) is 126 Å². The molecule has 0 radical (unpaired) electrons. The fraction of sp³-hybridized carbons (Fsp3) is 0.344. The van der Waals surface area contributed by atoms with Crippen molar-refractivity contribution in [2.24, 2.45) is 5.92 Å². The Labute approximate surface area is 249 Å². The number of fused-ring (bicyclic) bond motifs is 1. The van der Waals surface area contributed by atoms with Crippen LogP contribution in [0.5, 0.6) is 11.5 Å². The lowest BCUT2D eigenvalue weighted by Crippen LogP contribution is -2.39. The number of hydrogen-bond donors (Lipinski definition) is 1. The Bertz CT molecular complexity index is 1710. The average molecular weight is 581 g/mol. The summed E-state index contributed by atoms with van der Waals surface area (Å²) in [4.78, 5) is 26.1. The Balaban J connectivity index is 1.27. The maximum atomic E-state index is 15.5. The van der Waals surface area contributed by atoms with E-state index in [0.717, 1.165) is 38.8 Å². The minimum Gasteiger partial charge on any atom is -0.457 e. The number of rotatable bonds is 7. The van der Waals surface area contributed by atoms with Gasteiger partial charge < -0.3 is 20.3 Å². The predicted octanol–water partition coefficient (Wildman–Crippen LogP) is 4.79. The minimum atomic E-state index is -0.529. The summed E-state index contributed by atoms with van der Waals surface area (Å²) in [6, 6.07) is 15.7. The molecular formula is C32H33FN8O2. The average Bonchev–Trinajstić information content (AvgIpc) is 3.63. The van der Waals surface area contributed by atoms with Gasteiger partial charge in [0.15, 0.2) is 5.65 Å². The molecule has 4 heterocycles. The Morgan fingerprint density at radius 3 is 2.65 bits per heavy atom. The first kappa shape index (κ1) is 28.3. The first-order chi connectivity index (χ1) is 20.9. The molecule has 1 amide bonds. The highest BCUT2D eigenvalue weighted by molar-refractivity contribution is 5.99. The molecule has 2 aromatic carbocycles. The number of hydrogen-bond acceptors (Lipinski definition) is 8. The van der Waals surface area contributed by atoms with Crippen LogP contribution in [0.3, 0.4) is 0 Å². The summed E-state index contributed by atoms with van der Waals surface area (Å²) in [6.07, 6.45) is 6.62. The van der Waals surface area contributed by atoms with Gasteiger partial charge in [0.25, 0.3) is 5.91 Å². The molecule has 0 saturated carbocycles. The lowest BCUT2D eigenvalue weighted by Gasteiger charge is -2.28. The van der Waals surface area contributed by atoms with Gasteiger partial charge in [0.05, 0.1) is 18.0 Å². The number of amides is 1. The van der Waals surface area contributed by atoms with Crippen molar-refractivity contribution in [2.45, 2.75) is 38.3 Å². The second kappa shape index (κ2) is 12.2. The van der Waals surface area contributed by atoms with E-state index in [9.17, 15) is 10.1 Å². The molecular weight excluding hydrogens is 547 g/mol. The van der Waals surface area contributed by atoms with Crippen LogP contribution < -0.4 is 10.5 Å². The normalized spacial score (nSPS) is 18.2. The lowest BCUT2D eigenvalue weighted by atomic mass is 9.94. The molecule has 2 aliphatic heterocycles. The van der Waals surface area contributed by atoms with Crippen LogP contribution in [0.1, 0.15) is 25.7 Å². The van der Waals surface area contributed by atoms with Crippen LogP contribution in [0.4, 0.5) is 10.2 Å². The number of aromatic nitrogens is 4. The fourth-order valence-electron chi connectivity index (χ4n) is 5.96. The zero-order chi connectivity index (χ0) is 29.9. The van der Waals surface area contributed by atoms with Gasteiger partial charge in [-0.25, -0.2) is 19.0 Å². The number of likely N-dealkylation sites (tertiary alicyclic amines) is 2. The quantitative estimate of drug-likeness (QED) is 0.244. The Morgan fingerprint density at radius 1 is 1.12 bits per heavy atom. The summed E-state index contributed by atoms with van der Waals surface area (Å²) < 4.78 is 23.0. The van der Waals surface area contributed by atoms with E-state index >= 15 is 4.39 Å². The number of carbonyl (C=O) groups excluding carboxylic acids is 1. The van der Waals surface area contributed by atoms with Gasteiger partial charge in [0, 0.05) is 18.2 Å². The number of carbonyl (C=O) groups is 1. The van der Waals surface area contributed by atoms with Crippen molar-refractivity contribution in [2.75, 3.05) is 32.4 Å². The van der Waals surface area contributed by atoms with E-state index in [0.29, 0.717) is 41.3 Å². The van der Waals surface area contributed by atoms with E-state index in [-0.39, 0.29) is 34.8 Å². The highest BCUT2D eigenvalue weighted by atomic mass is 19.1. The van der Waals surface area contributed by atoms with E-state index < -0.39 is 5.82 Å². The molecule has 0 bridgehead atoms. The summed E-state index contributed by atoms with van der Waals surface area (Å²) in [5, 5.41) is 15.1. The monoisotopic (exact) mass is 580 g/mol. The van der Waals surface area contributed by atoms with Crippen molar-refractivity contribution in [1.29, 1.82) is 5.26 Å². The lowest BCUT2D eigenvalue weighted by molar-refractivity contribution is -0.127. The SMILES string of the molecule is CN1CCC(/C=C(\C#N)C(=O)N2CCC[C@H]2Cn2nc(-c3ccc(Oc4ccccc4)cc3F)c3c(N)ncnc32)CC1. The summed E-state index contributed by atoms with van der Waals surface area (Å²) in [6.45, 7) is 2.77. The van der Waals surface area contributed by atoms with Crippen molar-refractivity contribution in [1.82, 2.24) is 29.5 Å². The van der Waals surface area contributed by atoms with Crippen molar-refractivity contribution in [3.05, 3.63) is 72.3 Å². The number of nitrogen functional groups attached to an aromatic ring is 1. The largest absolute Gasteiger partial charge is 0.457 e. The number of anilines is 1. The van der Waals surface area contributed by atoms with Crippen molar-refractivity contribution in [3.8, 4) is 28.8 Å². The molecule has 10 nitrogen and oxygen atoms in total. The van der Waals surface area contributed by atoms with Gasteiger partial charge in [-0.1, -0.05) is 24.3 Å². The van der Waals surface area contributed by atoms with Crippen molar-refractivity contribution >= 4 is 22.8 Å². The molecule has 43 heavy (non-hydrogen) atoms. The number of nitrogens with zero attached hydrogens (tertiary/aromatic N) is 7. The summed E-state index contributed by atoms with van der Waals surface area (Å²) in [5.41, 5.74) is 7.46. The number of ether oxygens (including phenoxy) is 1.